The fraction of sp³-hybridized carbons (Fsp3) is 0.636. The lowest BCUT2D eigenvalue weighted by Crippen LogP contribution is -2.40. The van der Waals surface area contributed by atoms with Crippen molar-refractivity contribution < 1.29 is 4.74 Å². The minimum atomic E-state index is -0.506. The Kier molecular flexibility index (Phi) is 4.54. The van der Waals surface area contributed by atoms with Crippen LogP contribution in [0.5, 0.6) is 0 Å². The van der Waals surface area contributed by atoms with Crippen molar-refractivity contribution in [1.82, 2.24) is 9.55 Å². The summed E-state index contributed by atoms with van der Waals surface area (Å²) in [6.07, 6.45) is 0. The summed E-state index contributed by atoms with van der Waals surface area (Å²) in [6.45, 7) is 5.75. The molecule has 0 saturated carbocycles. The van der Waals surface area contributed by atoms with Gasteiger partial charge in [0.05, 0.1) is 18.2 Å². The first-order valence-electron chi connectivity index (χ1n) is 5.43. The van der Waals surface area contributed by atoms with Crippen LogP contribution in [-0.2, 0) is 4.74 Å². The zero-order chi connectivity index (χ0) is 13.2. The number of rotatable bonds is 4. The van der Waals surface area contributed by atoms with Gasteiger partial charge in [0.1, 0.15) is 5.15 Å². The zero-order valence-corrected chi connectivity index (χ0v) is 11.2. The fourth-order valence-corrected chi connectivity index (χ4v) is 2.13. The van der Waals surface area contributed by atoms with Crippen LogP contribution in [0.25, 0.3) is 0 Å². The monoisotopic (exact) mass is 260 g/mol. The Balaban J connectivity index is 3.47. The highest BCUT2D eigenvalue weighted by molar-refractivity contribution is 6.30. The Morgan fingerprint density at radius 2 is 1.94 bits per heavy atom. The summed E-state index contributed by atoms with van der Waals surface area (Å²) in [4.78, 5) is 26.4. The number of nitrogens with zero attached hydrogens (tertiary/aromatic N) is 1. The van der Waals surface area contributed by atoms with E-state index in [0.29, 0.717) is 12.2 Å². The minimum absolute atomic E-state index is 0.0483. The van der Waals surface area contributed by atoms with Gasteiger partial charge in [-0.05, 0) is 12.8 Å². The maximum Gasteiger partial charge on any atom is 0.329 e. The van der Waals surface area contributed by atoms with Crippen LogP contribution in [0.4, 0.5) is 0 Å². The second kappa shape index (κ2) is 5.51. The number of hydrogen-bond acceptors (Lipinski definition) is 3. The molecule has 0 saturated heterocycles. The van der Waals surface area contributed by atoms with E-state index in [0.717, 1.165) is 4.57 Å². The average molecular weight is 261 g/mol. The number of halogens is 1. The molecule has 0 aromatic carbocycles. The molecule has 6 heteroatoms. The highest BCUT2D eigenvalue weighted by Gasteiger charge is 2.18. The summed E-state index contributed by atoms with van der Waals surface area (Å²) in [7, 11) is 1.52. The van der Waals surface area contributed by atoms with Crippen LogP contribution in [0.15, 0.2) is 9.59 Å². The molecule has 0 amide bonds. The minimum Gasteiger partial charge on any atom is -0.383 e. The largest absolute Gasteiger partial charge is 0.383 e. The Hall–Kier alpha value is -1.07. The number of aromatic nitrogens is 2. The molecule has 0 spiro atoms. The first-order valence-corrected chi connectivity index (χ1v) is 5.81. The lowest BCUT2D eigenvalue weighted by molar-refractivity contribution is 0.158. The average Bonchev–Trinajstić information content (AvgIpc) is 2.15. The highest BCUT2D eigenvalue weighted by atomic mass is 35.5. The molecule has 1 heterocycles. The van der Waals surface area contributed by atoms with Crippen molar-refractivity contribution in [2.24, 2.45) is 0 Å². The van der Waals surface area contributed by atoms with E-state index in [-0.39, 0.29) is 22.7 Å². The smallest absolute Gasteiger partial charge is 0.329 e. The van der Waals surface area contributed by atoms with E-state index in [1.54, 1.807) is 6.92 Å². The van der Waals surface area contributed by atoms with Crippen molar-refractivity contribution >= 4 is 11.6 Å². The summed E-state index contributed by atoms with van der Waals surface area (Å²) < 4.78 is 6.10. The van der Waals surface area contributed by atoms with Gasteiger partial charge in [-0.3, -0.25) is 14.3 Å². The number of aromatic amines is 1. The van der Waals surface area contributed by atoms with E-state index in [1.165, 1.54) is 7.11 Å². The van der Waals surface area contributed by atoms with E-state index in [1.807, 2.05) is 13.8 Å². The quantitative estimate of drug-likeness (QED) is 0.835. The molecule has 1 unspecified atom stereocenters. The molecule has 1 N–H and O–H groups in total. The summed E-state index contributed by atoms with van der Waals surface area (Å²) >= 11 is 5.88. The van der Waals surface area contributed by atoms with E-state index in [2.05, 4.69) is 4.98 Å². The van der Waals surface area contributed by atoms with Crippen LogP contribution in [0.3, 0.4) is 0 Å². The second-order valence-corrected chi connectivity index (χ2v) is 4.67. The van der Waals surface area contributed by atoms with Gasteiger partial charge in [-0.15, -0.1) is 0 Å². The van der Waals surface area contributed by atoms with E-state index in [4.69, 9.17) is 16.3 Å². The van der Waals surface area contributed by atoms with Gasteiger partial charge in [0.2, 0.25) is 0 Å². The second-order valence-electron chi connectivity index (χ2n) is 4.29. The molecule has 1 atom stereocenters. The molecule has 1 aromatic heterocycles. The SMILES string of the molecule is COCC(C)n1c(=O)[nH]c(Cl)c(C(C)C)c1=O. The van der Waals surface area contributed by atoms with Crippen molar-refractivity contribution in [3.63, 3.8) is 0 Å². The molecule has 0 aliphatic rings. The van der Waals surface area contributed by atoms with E-state index >= 15 is 0 Å². The lowest BCUT2D eigenvalue weighted by atomic mass is 10.1. The highest BCUT2D eigenvalue weighted by Crippen LogP contribution is 2.17. The van der Waals surface area contributed by atoms with Gasteiger partial charge in [-0.1, -0.05) is 25.4 Å². The third-order valence-corrected chi connectivity index (χ3v) is 2.85. The maximum absolute atomic E-state index is 12.2. The fourth-order valence-electron chi connectivity index (χ4n) is 1.75. The zero-order valence-electron chi connectivity index (χ0n) is 10.4. The standard InChI is InChI=1S/C11H17ClN2O3/c1-6(2)8-9(12)13-11(16)14(10(8)15)7(3)5-17-4/h6-7H,5H2,1-4H3,(H,13,16). The van der Waals surface area contributed by atoms with Crippen LogP contribution < -0.4 is 11.2 Å². The molecule has 1 aromatic rings. The first-order chi connectivity index (χ1) is 7.90. The van der Waals surface area contributed by atoms with Gasteiger partial charge in [0, 0.05) is 7.11 Å². The Labute approximate surface area is 104 Å². The van der Waals surface area contributed by atoms with Crippen molar-refractivity contribution in [3.05, 3.63) is 31.6 Å². The molecule has 0 aliphatic carbocycles. The predicted molar refractivity (Wildman–Crippen MR) is 67.0 cm³/mol. The summed E-state index contributed by atoms with van der Waals surface area (Å²) in [5.41, 5.74) is -0.429. The summed E-state index contributed by atoms with van der Waals surface area (Å²) in [5, 5.41) is 0.121. The van der Waals surface area contributed by atoms with Crippen LogP contribution in [-0.4, -0.2) is 23.3 Å². The maximum atomic E-state index is 12.2. The molecular weight excluding hydrogens is 244 g/mol. The van der Waals surface area contributed by atoms with Crippen molar-refractivity contribution in [1.29, 1.82) is 0 Å². The van der Waals surface area contributed by atoms with Gasteiger partial charge in [0.15, 0.2) is 0 Å². The molecule has 17 heavy (non-hydrogen) atoms. The third-order valence-electron chi connectivity index (χ3n) is 2.55. The van der Waals surface area contributed by atoms with Crippen molar-refractivity contribution in [3.8, 4) is 0 Å². The lowest BCUT2D eigenvalue weighted by Gasteiger charge is -2.16. The first kappa shape index (κ1) is 14.0. The van der Waals surface area contributed by atoms with Gasteiger partial charge < -0.3 is 4.74 Å². The molecule has 0 radical (unpaired) electrons. The molecule has 0 bridgehead atoms. The van der Waals surface area contributed by atoms with Crippen LogP contribution >= 0.6 is 11.6 Å². The number of nitrogens with one attached hydrogen (secondary N) is 1. The number of H-pyrrole nitrogens is 1. The Bertz CT molecular complexity index is 504. The van der Waals surface area contributed by atoms with E-state index in [9.17, 15) is 9.59 Å². The van der Waals surface area contributed by atoms with Gasteiger partial charge >= 0.3 is 5.69 Å². The topological polar surface area (TPSA) is 64.1 Å². The van der Waals surface area contributed by atoms with Gasteiger partial charge in [-0.25, -0.2) is 4.79 Å². The van der Waals surface area contributed by atoms with Gasteiger partial charge in [0.25, 0.3) is 5.56 Å². The summed E-state index contributed by atoms with van der Waals surface area (Å²) in [6, 6.07) is -0.328. The van der Waals surface area contributed by atoms with Crippen molar-refractivity contribution in [2.75, 3.05) is 13.7 Å². The van der Waals surface area contributed by atoms with E-state index < -0.39 is 5.69 Å². The number of ether oxygens (including phenoxy) is 1. The number of hydrogen-bond donors (Lipinski definition) is 1. The molecule has 5 nitrogen and oxygen atoms in total. The van der Waals surface area contributed by atoms with Crippen LogP contribution in [0, 0.1) is 0 Å². The Morgan fingerprint density at radius 3 is 2.41 bits per heavy atom. The molecule has 1 rings (SSSR count). The molecular formula is C11H17ClN2O3. The van der Waals surface area contributed by atoms with Crippen LogP contribution in [0.1, 0.15) is 38.3 Å². The molecule has 96 valence electrons. The normalized spacial score (nSPS) is 13.1. The predicted octanol–water partition coefficient (Wildman–Crippen LogP) is 1.52. The number of methoxy groups -OCH3 is 1. The summed E-state index contributed by atoms with van der Waals surface area (Å²) in [5.74, 6) is -0.0483. The van der Waals surface area contributed by atoms with Crippen molar-refractivity contribution in [2.45, 2.75) is 32.7 Å². The van der Waals surface area contributed by atoms with Gasteiger partial charge in [-0.2, -0.15) is 0 Å². The molecule has 0 aliphatic heterocycles. The third kappa shape index (κ3) is 2.79. The molecule has 0 fully saturated rings. The Morgan fingerprint density at radius 1 is 1.35 bits per heavy atom. The van der Waals surface area contributed by atoms with Crippen LogP contribution in [0.2, 0.25) is 5.15 Å².